The monoisotopic (exact) mass is 542 g/mol. The molecule has 3 aromatic rings. The highest BCUT2D eigenvalue weighted by Crippen LogP contribution is 2.32. The molecule has 5 nitrogen and oxygen atoms in total. The third-order valence-electron chi connectivity index (χ3n) is 6.51. The second kappa shape index (κ2) is 12.3. The van der Waals surface area contributed by atoms with Crippen LogP contribution in [0.2, 0.25) is 0 Å². The summed E-state index contributed by atoms with van der Waals surface area (Å²) in [5.74, 6) is 0.781. The molecule has 4 rings (SSSR count). The Morgan fingerprint density at radius 3 is 2.42 bits per heavy atom. The number of amides is 1. The molecule has 1 amide bonds. The van der Waals surface area contributed by atoms with E-state index >= 15 is 0 Å². The molecule has 38 heavy (non-hydrogen) atoms. The lowest BCUT2D eigenvalue weighted by atomic mass is 9.90. The number of thiocarbonyl (C=S) groups is 1. The number of alkyl halides is 3. The number of carbonyl (C=O) groups excluding carboxylic acids is 1. The molecule has 0 aliphatic carbocycles. The van der Waals surface area contributed by atoms with Gasteiger partial charge in [-0.1, -0.05) is 48.6 Å². The number of hydrogen-bond acceptors (Lipinski definition) is 4. The van der Waals surface area contributed by atoms with Gasteiger partial charge in [0.1, 0.15) is 4.99 Å². The van der Waals surface area contributed by atoms with Crippen molar-refractivity contribution in [3.8, 4) is 11.5 Å². The van der Waals surface area contributed by atoms with Crippen molar-refractivity contribution >= 4 is 28.8 Å². The predicted octanol–water partition coefficient (Wildman–Crippen LogP) is 6.36. The van der Waals surface area contributed by atoms with Gasteiger partial charge in [0.25, 0.3) is 5.91 Å². The number of likely N-dealkylation sites (tertiary alicyclic amines) is 1. The van der Waals surface area contributed by atoms with Crippen LogP contribution in [0.1, 0.15) is 29.5 Å². The van der Waals surface area contributed by atoms with Crippen LogP contribution in [0.3, 0.4) is 0 Å². The number of halogens is 3. The Balaban J connectivity index is 1.31. The third kappa shape index (κ3) is 7.25. The summed E-state index contributed by atoms with van der Waals surface area (Å²) in [6.45, 7) is 1.37. The van der Waals surface area contributed by atoms with E-state index in [1.165, 1.54) is 24.8 Å². The SMILES string of the molecule is COc1cc(C(=S)N2CCC(Cc3ccccc3)CC2)ccc1OCC(=O)Nc1cccc(C(F)(F)F)c1. The summed E-state index contributed by atoms with van der Waals surface area (Å²) >= 11 is 5.76. The first-order chi connectivity index (χ1) is 18.2. The van der Waals surface area contributed by atoms with Crippen LogP contribution < -0.4 is 14.8 Å². The van der Waals surface area contributed by atoms with E-state index in [0.29, 0.717) is 17.4 Å². The summed E-state index contributed by atoms with van der Waals surface area (Å²) in [6, 6.07) is 20.2. The van der Waals surface area contributed by atoms with Crippen molar-refractivity contribution in [1.29, 1.82) is 0 Å². The number of methoxy groups -OCH3 is 1. The van der Waals surface area contributed by atoms with Gasteiger partial charge in [0, 0.05) is 24.3 Å². The van der Waals surface area contributed by atoms with Crippen LogP contribution in [0.15, 0.2) is 72.8 Å². The summed E-state index contributed by atoms with van der Waals surface area (Å²) in [6.07, 6.45) is -1.30. The summed E-state index contributed by atoms with van der Waals surface area (Å²) in [5.41, 5.74) is 1.37. The number of piperidine rings is 1. The minimum absolute atomic E-state index is 0.0358. The second-order valence-electron chi connectivity index (χ2n) is 9.21. The first-order valence-electron chi connectivity index (χ1n) is 12.3. The molecule has 3 aromatic carbocycles. The van der Waals surface area contributed by atoms with Crippen molar-refractivity contribution in [2.24, 2.45) is 5.92 Å². The van der Waals surface area contributed by atoms with Gasteiger partial charge >= 0.3 is 6.18 Å². The average Bonchev–Trinajstić information content (AvgIpc) is 2.92. The van der Waals surface area contributed by atoms with Crippen LogP contribution in [-0.2, 0) is 17.4 Å². The molecule has 1 fully saturated rings. The zero-order valence-electron chi connectivity index (χ0n) is 21.0. The van der Waals surface area contributed by atoms with Gasteiger partial charge in [-0.3, -0.25) is 4.79 Å². The maximum atomic E-state index is 12.9. The van der Waals surface area contributed by atoms with Gasteiger partial charge in [0.15, 0.2) is 18.1 Å². The molecule has 0 saturated carbocycles. The summed E-state index contributed by atoms with van der Waals surface area (Å²) in [4.78, 5) is 15.2. The molecule has 1 N–H and O–H groups in total. The van der Waals surface area contributed by atoms with Crippen LogP contribution in [0.5, 0.6) is 11.5 Å². The van der Waals surface area contributed by atoms with E-state index in [2.05, 4.69) is 34.5 Å². The summed E-state index contributed by atoms with van der Waals surface area (Å²) in [5, 5.41) is 2.42. The molecule has 0 unspecified atom stereocenters. The highest BCUT2D eigenvalue weighted by Gasteiger charge is 2.30. The lowest BCUT2D eigenvalue weighted by molar-refractivity contribution is -0.137. The Bertz CT molecular complexity index is 1260. The number of nitrogens with zero attached hydrogens (tertiary/aromatic N) is 1. The van der Waals surface area contributed by atoms with Gasteiger partial charge in [-0.25, -0.2) is 0 Å². The van der Waals surface area contributed by atoms with Gasteiger partial charge in [-0.05, 0) is 67.1 Å². The average molecular weight is 543 g/mol. The maximum Gasteiger partial charge on any atom is 0.416 e. The van der Waals surface area contributed by atoms with E-state index in [1.54, 1.807) is 12.1 Å². The van der Waals surface area contributed by atoms with E-state index < -0.39 is 24.3 Å². The highest BCUT2D eigenvalue weighted by atomic mass is 32.1. The van der Waals surface area contributed by atoms with E-state index in [-0.39, 0.29) is 5.69 Å². The first kappa shape index (κ1) is 27.4. The Morgan fingerprint density at radius 2 is 1.74 bits per heavy atom. The van der Waals surface area contributed by atoms with Gasteiger partial charge in [-0.2, -0.15) is 13.2 Å². The van der Waals surface area contributed by atoms with E-state index in [4.69, 9.17) is 21.7 Å². The molecule has 0 radical (unpaired) electrons. The number of anilines is 1. The molecule has 1 saturated heterocycles. The molecule has 9 heteroatoms. The van der Waals surface area contributed by atoms with Crippen molar-refractivity contribution in [3.05, 3.63) is 89.5 Å². The summed E-state index contributed by atoms with van der Waals surface area (Å²) < 4.78 is 49.7. The zero-order valence-corrected chi connectivity index (χ0v) is 21.8. The van der Waals surface area contributed by atoms with Crippen LogP contribution in [0.4, 0.5) is 18.9 Å². The quantitative estimate of drug-likeness (QED) is 0.336. The first-order valence-corrected chi connectivity index (χ1v) is 12.7. The normalized spacial score (nSPS) is 14.2. The van der Waals surface area contributed by atoms with E-state index in [9.17, 15) is 18.0 Å². The molecule has 0 spiro atoms. The van der Waals surface area contributed by atoms with E-state index in [1.807, 2.05) is 12.1 Å². The summed E-state index contributed by atoms with van der Waals surface area (Å²) in [7, 11) is 1.49. The molecule has 1 heterocycles. The number of ether oxygens (including phenoxy) is 2. The second-order valence-corrected chi connectivity index (χ2v) is 9.59. The molecular formula is C29H29F3N2O3S. The number of benzene rings is 3. The minimum atomic E-state index is -4.50. The topological polar surface area (TPSA) is 50.8 Å². The molecule has 0 bridgehead atoms. The molecule has 1 aliphatic rings. The Kier molecular flexibility index (Phi) is 8.89. The number of carbonyl (C=O) groups is 1. The van der Waals surface area contributed by atoms with Crippen molar-refractivity contribution in [2.75, 3.05) is 32.1 Å². The Hall–Kier alpha value is -3.59. The van der Waals surface area contributed by atoms with Crippen molar-refractivity contribution in [3.63, 3.8) is 0 Å². The molecule has 0 aromatic heterocycles. The standard InChI is InChI=1S/C29H29F3N2O3S/c1-36-26-17-22(28(38)34-14-12-21(13-15-34)16-20-6-3-2-4-7-20)10-11-25(26)37-19-27(35)33-24-9-5-8-23(18-24)29(30,31)32/h2-11,17-18,21H,12-16,19H2,1H3,(H,33,35). The molecular weight excluding hydrogens is 513 g/mol. The van der Waals surface area contributed by atoms with Crippen molar-refractivity contribution in [1.82, 2.24) is 4.90 Å². The van der Waals surface area contributed by atoms with Crippen LogP contribution in [0.25, 0.3) is 0 Å². The van der Waals surface area contributed by atoms with Crippen LogP contribution in [-0.4, -0.2) is 42.6 Å². The van der Waals surface area contributed by atoms with Crippen LogP contribution in [0, 0.1) is 5.92 Å². The largest absolute Gasteiger partial charge is 0.493 e. The van der Waals surface area contributed by atoms with Gasteiger partial charge < -0.3 is 19.7 Å². The highest BCUT2D eigenvalue weighted by molar-refractivity contribution is 7.80. The third-order valence-corrected chi connectivity index (χ3v) is 7.01. The number of rotatable bonds is 8. The zero-order chi connectivity index (χ0) is 27.1. The Morgan fingerprint density at radius 1 is 1.00 bits per heavy atom. The molecule has 1 aliphatic heterocycles. The lowest BCUT2D eigenvalue weighted by Crippen LogP contribution is -2.38. The van der Waals surface area contributed by atoms with Crippen molar-refractivity contribution < 1.29 is 27.4 Å². The van der Waals surface area contributed by atoms with Gasteiger partial charge in [-0.15, -0.1) is 0 Å². The number of nitrogens with one attached hydrogen (secondary N) is 1. The van der Waals surface area contributed by atoms with Gasteiger partial charge in [0.2, 0.25) is 0 Å². The van der Waals surface area contributed by atoms with E-state index in [0.717, 1.165) is 55.0 Å². The molecule has 200 valence electrons. The molecule has 0 atom stereocenters. The fourth-order valence-electron chi connectivity index (χ4n) is 4.50. The number of hydrogen-bond donors (Lipinski definition) is 1. The fourth-order valence-corrected chi connectivity index (χ4v) is 4.81. The smallest absolute Gasteiger partial charge is 0.416 e. The van der Waals surface area contributed by atoms with Crippen molar-refractivity contribution in [2.45, 2.75) is 25.4 Å². The van der Waals surface area contributed by atoms with Gasteiger partial charge in [0.05, 0.1) is 12.7 Å². The Labute approximate surface area is 225 Å². The fraction of sp³-hybridized carbons (Fsp3) is 0.310. The lowest BCUT2D eigenvalue weighted by Gasteiger charge is -2.34. The van der Waals surface area contributed by atoms with Crippen LogP contribution >= 0.6 is 12.2 Å². The minimum Gasteiger partial charge on any atom is -0.493 e. The predicted molar refractivity (Wildman–Crippen MR) is 145 cm³/mol. The maximum absolute atomic E-state index is 12.9.